The number of anilines is 1. The van der Waals surface area contributed by atoms with Crippen molar-refractivity contribution in [2.24, 2.45) is 7.05 Å². The van der Waals surface area contributed by atoms with Gasteiger partial charge in [-0.2, -0.15) is 10.1 Å². The first-order valence-corrected chi connectivity index (χ1v) is 12.5. The van der Waals surface area contributed by atoms with Gasteiger partial charge in [0.1, 0.15) is 17.0 Å². The Morgan fingerprint density at radius 2 is 1.76 bits per heavy atom. The highest BCUT2D eigenvalue weighted by atomic mass is 16.5. The molecule has 1 saturated heterocycles. The molecule has 0 atom stereocenters. The van der Waals surface area contributed by atoms with Crippen LogP contribution in [0.4, 0.5) is 5.82 Å². The van der Waals surface area contributed by atoms with Crippen LogP contribution in [0.25, 0.3) is 22.4 Å². The van der Waals surface area contributed by atoms with Crippen LogP contribution in [0.3, 0.4) is 0 Å². The van der Waals surface area contributed by atoms with Crippen molar-refractivity contribution in [3.05, 3.63) is 28.2 Å². The Hall–Kier alpha value is -2.94. The third-order valence-corrected chi connectivity index (χ3v) is 7.30. The summed E-state index contributed by atoms with van der Waals surface area (Å²) in [5.41, 5.74) is 2.04. The minimum atomic E-state index is -0.144. The number of pyridine rings is 1. The number of aryl methyl sites for hydroxylation is 1. The number of fused-ring (bicyclic) bond motifs is 1. The fourth-order valence-electron chi connectivity index (χ4n) is 5.37. The van der Waals surface area contributed by atoms with Crippen molar-refractivity contribution in [2.75, 3.05) is 45.2 Å². The zero-order valence-corrected chi connectivity index (χ0v) is 20.5. The summed E-state index contributed by atoms with van der Waals surface area (Å²) in [6.07, 6.45) is 8.16. The normalized spacial score (nSPS) is 18.7. The summed E-state index contributed by atoms with van der Waals surface area (Å²) in [4.78, 5) is 30.5. The number of nitrogens with one attached hydrogen (secondary N) is 1. The van der Waals surface area contributed by atoms with E-state index in [1.165, 1.54) is 25.7 Å². The number of likely N-dealkylation sites (N-methyl/N-ethyl adjacent to an activating group) is 1. The molecular weight excluding hydrogens is 430 g/mol. The van der Waals surface area contributed by atoms with E-state index < -0.39 is 0 Å². The number of hydrogen-bond acceptors (Lipinski definition) is 7. The average Bonchev–Trinajstić information content (AvgIpc) is 3.05. The minimum Gasteiger partial charge on any atom is -0.480 e. The molecule has 182 valence electrons. The van der Waals surface area contributed by atoms with E-state index in [9.17, 15) is 4.79 Å². The zero-order chi connectivity index (χ0) is 23.7. The van der Waals surface area contributed by atoms with Crippen LogP contribution in [0.2, 0.25) is 0 Å². The lowest BCUT2D eigenvalue weighted by Gasteiger charge is -2.22. The predicted molar refractivity (Wildman–Crippen MR) is 134 cm³/mol. The third kappa shape index (κ3) is 4.41. The second-order valence-corrected chi connectivity index (χ2v) is 9.68. The third-order valence-electron chi connectivity index (χ3n) is 7.30. The molecule has 3 aromatic heterocycles. The van der Waals surface area contributed by atoms with E-state index in [4.69, 9.17) is 19.8 Å². The number of aromatic nitrogens is 5. The molecule has 1 saturated carbocycles. The Morgan fingerprint density at radius 3 is 2.53 bits per heavy atom. The summed E-state index contributed by atoms with van der Waals surface area (Å²) >= 11 is 0. The van der Waals surface area contributed by atoms with Crippen molar-refractivity contribution in [3.8, 4) is 17.3 Å². The Balaban J connectivity index is 1.51. The van der Waals surface area contributed by atoms with E-state index in [-0.39, 0.29) is 5.56 Å². The number of hydrogen-bond donors (Lipinski definition) is 1. The topological polar surface area (TPSA) is 92.2 Å². The largest absolute Gasteiger partial charge is 0.480 e. The molecular formula is C25H35N7O2. The molecule has 1 aliphatic heterocycles. The van der Waals surface area contributed by atoms with Gasteiger partial charge in [0.25, 0.3) is 5.56 Å². The molecule has 2 aliphatic rings. The van der Waals surface area contributed by atoms with Crippen molar-refractivity contribution >= 4 is 16.9 Å². The van der Waals surface area contributed by atoms with Crippen LogP contribution < -0.4 is 15.2 Å². The Bertz CT molecular complexity index is 1210. The van der Waals surface area contributed by atoms with E-state index in [0.29, 0.717) is 34.2 Å². The van der Waals surface area contributed by atoms with E-state index in [0.717, 1.165) is 57.0 Å². The van der Waals surface area contributed by atoms with Crippen LogP contribution in [-0.4, -0.2) is 70.0 Å². The molecule has 9 heteroatoms. The quantitative estimate of drug-likeness (QED) is 0.591. The van der Waals surface area contributed by atoms with Gasteiger partial charge in [-0.3, -0.25) is 4.79 Å². The second kappa shape index (κ2) is 9.74. The van der Waals surface area contributed by atoms with Gasteiger partial charge in [0.15, 0.2) is 5.65 Å². The number of ether oxygens (including phenoxy) is 1. The molecule has 0 aromatic carbocycles. The van der Waals surface area contributed by atoms with Gasteiger partial charge in [-0.1, -0.05) is 25.7 Å². The first-order valence-electron chi connectivity index (χ1n) is 12.5. The number of H-pyrrole nitrogens is 1. The van der Waals surface area contributed by atoms with Gasteiger partial charge in [0, 0.05) is 32.6 Å². The molecule has 3 aromatic rings. The molecule has 5 rings (SSSR count). The average molecular weight is 466 g/mol. The summed E-state index contributed by atoms with van der Waals surface area (Å²) in [5, 5.41) is 5.38. The maximum Gasteiger partial charge on any atom is 0.262 e. The van der Waals surface area contributed by atoms with E-state index in [2.05, 4.69) is 21.8 Å². The lowest BCUT2D eigenvalue weighted by Crippen LogP contribution is -2.29. The molecule has 0 unspecified atom stereocenters. The molecule has 4 heterocycles. The van der Waals surface area contributed by atoms with Crippen molar-refractivity contribution in [3.63, 3.8) is 0 Å². The van der Waals surface area contributed by atoms with E-state index >= 15 is 0 Å². The van der Waals surface area contributed by atoms with Gasteiger partial charge < -0.3 is 19.5 Å². The molecule has 0 spiro atoms. The molecule has 34 heavy (non-hydrogen) atoms. The monoisotopic (exact) mass is 465 g/mol. The number of aromatic amines is 1. The summed E-state index contributed by atoms with van der Waals surface area (Å²) in [6, 6.07) is 3.94. The van der Waals surface area contributed by atoms with Crippen LogP contribution in [-0.2, 0) is 7.05 Å². The maximum absolute atomic E-state index is 13.3. The molecule has 1 aliphatic carbocycles. The second-order valence-electron chi connectivity index (χ2n) is 9.68. The van der Waals surface area contributed by atoms with Crippen LogP contribution in [0, 0.1) is 0 Å². The fraction of sp³-hybridized carbons (Fsp3) is 0.600. The standard InChI is InChI=1S/C25H35N7O2/c1-30-13-8-14-32(16-15-30)19-12-11-18(25(26-19)34-3)22-27-23-20(24(33)28-22)21(29-31(23)2)17-9-6-4-5-7-10-17/h11-12,17H,4-10,13-16H2,1-3H3,(H,27,28,33). The van der Waals surface area contributed by atoms with Gasteiger partial charge in [-0.05, 0) is 45.0 Å². The number of methoxy groups -OCH3 is 1. The van der Waals surface area contributed by atoms with Crippen LogP contribution >= 0.6 is 0 Å². The van der Waals surface area contributed by atoms with Crippen molar-refractivity contribution in [2.45, 2.75) is 50.9 Å². The number of rotatable bonds is 4. The molecule has 0 bridgehead atoms. The lowest BCUT2D eigenvalue weighted by atomic mass is 9.95. The van der Waals surface area contributed by atoms with Gasteiger partial charge in [-0.25, -0.2) is 9.67 Å². The first kappa shape index (κ1) is 22.8. The Labute approximate surface area is 200 Å². The van der Waals surface area contributed by atoms with E-state index in [1.807, 2.05) is 19.2 Å². The molecule has 2 fully saturated rings. The molecule has 1 N–H and O–H groups in total. The van der Waals surface area contributed by atoms with E-state index in [1.54, 1.807) is 11.8 Å². The summed E-state index contributed by atoms with van der Waals surface area (Å²) in [6.45, 7) is 3.97. The summed E-state index contributed by atoms with van der Waals surface area (Å²) in [7, 11) is 5.63. The Morgan fingerprint density at radius 1 is 0.971 bits per heavy atom. The minimum absolute atomic E-state index is 0.144. The highest BCUT2D eigenvalue weighted by Crippen LogP contribution is 2.34. The smallest absolute Gasteiger partial charge is 0.262 e. The molecule has 9 nitrogen and oxygen atoms in total. The van der Waals surface area contributed by atoms with Crippen molar-refractivity contribution in [1.82, 2.24) is 29.6 Å². The van der Waals surface area contributed by atoms with Gasteiger partial charge >= 0.3 is 0 Å². The van der Waals surface area contributed by atoms with Gasteiger partial charge in [0.2, 0.25) is 5.88 Å². The van der Waals surface area contributed by atoms with Gasteiger partial charge in [0.05, 0.1) is 18.4 Å². The maximum atomic E-state index is 13.3. The lowest BCUT2D eigenvalue weighted by molar-refractivity contribution is 0.360. The van der Waals surface area contributed by atoms with Crippen LogP contribution in [0.5, 0.6) is 5.88 Å². The van der Waals surface area contributed by atoms with Gasteiger partial charge in [-0.15, -0.1) is 0 Å². The van der Waals surface area contributed by atoms with Crippen molar-refractivity contribution < 1.29 is 4.74 Å². The summed E-state index contributed by atoms with van der Waals surface area (Å²) < 4.78 is 7.39. The fourth-order valence-corrected chi connectivity index (χ4v) is 5.37. The first-order chi connectivity index (χ1) is 16.5. The molecule has 0 amide bonds. The number of nitrogens with zero attached hydrogens (tertiary/aromatic N) is 6. The summed E-state index contributed by atoms with van der Waals surface area (Å²) in [5.74, 6) is 2.13. The SMILES string of the molecule is COc1nc(N2CCCN(C)CC2)ccc1-c1nc2c(c(C3CCCCCC3)nn2C)c(=O)[nH]1. The predicted octanol–water partition coefficient (Wildman–Crippen LogP) is 3.31. The molecule has 0 radical (unpaired) electrons. The van der Waals surface area contributed by atoms with Crippen LogP contribution in [0.15, 0.2) is 16.9 Å². The highest BCUT2D eigenvalue weighted by Gasteiger charge is 2.25. The van der Waals surface area contributed by atoms with Crippen molar-refractivity contribution in [1.29, 1.82) is 0 Å². The highest BCUT2D eigenvalue weighted by molar-refractivity contribution is 5.80. The van der Waals surface area contributed by atoms with Crippen LogP contribution in [0.1, 0.15) is 56.6 Å². The zero-order valence-electron chi connectivity index (χ0n) is 20.5. The Kier molecular flexibility index (Phi) is 6.54.